The fourth-order valence-corrected chi connectivity index (χ4v) is 0.859. The monoisotopic (exact) mass is 234 g/mol. The Bertz CT molecular complexity index is 42.8. The molecule has 67 valence electrons. The van der Waals surface area contributed by atoms with Crippen LogP contribution >= 0.6 is 0 Å². The van der Waals surface area contributed by atoms with E-state index in [2.05, 4.69) is 12.2 Å². The summed E-state index contributed by atoms with van der Waals surface area (Å²) in [5.41, 5.74) is 0. The average molecular weight is 234 g/mol. The zero-order chi connectivity index (χ0) is 8.41. The summed E-state index contributed by atoms with van der Waals surface area (Å²) in [5, 5.41) is 3.32. The van der Waals surface area contributed by atoms with Crippen LogP contribution in [0.25, 0.3) is 0 Å². The van der Waals surface area contributed by atoms with Gasteiger partial charge in [0, 0.05) is 38.8 Å². The van der Waals surface area contributed by atoms with E-state index in [1.165, 1.54) is 19.4 Å². The van der Waals surface area contributed by atoms with Crippen LogP contribution in [-0.4, -0.2) is 12.6 Å². The van der Waals surface area contributed by atoms with Gasteiger partial charge in [-0.15, -0.1) is 0 Å². The Morgan fingerprint density at radius 1 is 1.09 bits per heavy atom. The van der Waals surface area contributed by atoms with Gasteiger partial charge in [-0.3, -0.25) is 0 Å². The fourth-order valence-electron chi connectivity index (χ4n) is 0.859. The van der Waals surface area contributed by atoms with Gasteiger partial charge in [0.05, 0.1) is 0 Å². The second kappa shape index (κ2) is 17.2. The summed E-state index contributed by atoms with van der Waals surface area (Å²) in [6, 6.07) is 0.796. The molecule has 1 nitrogen and oxygen atoms in total. The molecule has 2 heteroatoms. The Balaban J connectivity index is -0.000000114. The minimum Gasteiger partial charge on any atom is -0.314 e. The summed E-state index contributed by atoms with van der Waals surface area (Å²) in [5.74, 6) is 0. The van der Waals surface area contributed by atoms with Crippen molar-refractivity contribution in [1.29, 1.82) is 0 Å². The van der Waals surface area contributed by atoms with Gasteiger partial charge in [0.25, 0.3) is 0 Å². The molecule has 1 atom stereocenters. The smallest absolute Gasteiger partial charge is 0.00391 e. The van der Waals surface area contributed by atoms with E-state index in [-0.39, 0.29) is 32.7 Å². The Kier molecular flexibility index (Phi) is 28.2. The molecule has 1 heterocycles. The van der Waals surface area contributed by atoms with Crippen molar-refractivity contribution in [3.63, 3.8) is 0 Å². The fraction of sp³-hybridized carbons (Fsp3) is 1.00. The number of hydrogen-bond acceptors (Lipinski definition) is 1. The summed E-state index contributed by atoms with van der Waals surface area (Å²) in [6.07, 6.45) is 2.75. The first kappa shape index (κ1) is 18.0. The molecule has 0 aromatic heterocycles. The Morgan fingerprint density at radius 3 is 1.64 bits per heavy atom. The van der Waals surface area contributed by atoms with Gasteiger partial charge in [-0.2, -0.15) is 0 Å². The van der Waals surface area contributed by atoms with Crippen molar-refractivity contribution in [3.05, 3.63) is 0 Å². The molecule has 0 aromatic carbocycles. The molecule has 1 radical (unpaired) electrons. The third-order valence-electron chi connectivity index (χ3n) is 1.31. The van der Waals surface area contributed by atoms with Crippen molar-refractivity contribution >= 4 is 0 Å². The van der Waals surface area contributed by atoms with Crippen molar-refractivity contribution in [3.8, 4) is 0 Å². The molecular formula is C9H23NY. The van der Waals surface area contributed by atoms with Gasteiger partial charge in [0.2, 0.25) is 0 Å². The molecule has 0 saturated carbocycles. The Morgan fingerprint density at radius 2 is 1.55 bits per heavy atom. The van der Waals surface area contributed by atoms with Crippen molar-refractivity contribution in [2.45, 2.75) is 53.5 Å². The molecule has 1 saturated heterocycles. The van der Waals surface area contributed by atoms with Crippen LogP contribution in [0, 0.1) is 0 Å². The van der Waals surface area contributed by atoms with Crippen LogP contribution in [0.3, 0.4) is 0 Å². The first-order valence-corrected chi connectivity index (χ1v) is 4.63. The van der Waals surface area contributed by atoms with E-state index in [9.17, 15) is 0 Å². The molecule has 0 aliphatic carbocycles. The molecule has 1 aliphatic rings. The van der Waals surface area contributed by atoms with Crippen molar-refractivity contribution < 1.29 is 32.7 Å². The van der Waals surface area contributed by atoms with E-state index in [0.717, 1.165) is 6.04 Å². The van der Waals surface area contributed by atoms with E-state index in [0.29, 0.717) is 0 Å². The van der Waals surface area contributed by atoms with Crippen LogP contribution in [0.5, 0.6) is 0 Å². The summed E-state index contributed by atoms with van der Waals surface area (Å²) in [7, 11) is 0. The number of rotatable bonds is 0. The first-order valence-electron chi connectivity index (χ1n) is 4.63. The zero-order valence-corrected chi connectivity index (χ0v) is 11.6. The summed E-state index contributed by atoms with van der Waals surface area (Å²) >= 11 is 0. The predicted octanol–water partition coefficient (Wildman–Crippen LogP) is 2.81. The molecule has 11 heavy (non-hydrogen) atoms. The minimum absolute atomic E-state index is 0. The van der Waals surface area contributed by atoms with Crippen LogP contribution < -0.4 is 5.32 Å². The quantitative estimate of drug-likeness (QED) is 0.679. The van der Waals surface area contributed by atoms with Gasteiger partial charge in [-0.1, -0.05) is 27.7 Å². The SMILES string of the molecule is CC.CC.CC1CCCN1.[Y]. The maximum absolute atomic E-state index is 3.32. The standard InChI is InChI=1S/C5H11N.2C2H6.Y/c1-5-3-2-4-6-5;2*1-2;/h5-6H,2-4H2,1H3;2*1-2H3;. The average Bonchev–Trinajstić information content (AvgIpc) is 2.48. The van der Waals surface area contributed by atoms with Gasteiger partial charge in [-0.25, -0.2) is 0 Å². The minimum atomic E-state index is 0. The maximum atomic E-state index is 3.32. The van der Waals surface area contributed by atoms with E-state index in [1.807, 2.05) is 27.7 Å². The van der Waals surface area contributed by atoms with Crippen LogP contribution in [0.4, 0.5) is 0 Å². The van der Waals surface area contributed by atoms with Gasteiger partial charge in [-0.05, 0) is 26.3 Å². The van der Waals surface area contributed by atoms with Gasteiger partial charge in [0.15, 0.2) is 0 Å². The Labute approximate surface area is 97.6 Å². The molecule has 0 amide bonds. The van der Waals surface area contributed by atoms with Gasteiger partial charge < -0.3 is 5.32 Å². The molecule has 1 N–H and O–H groups in total. The summed E-state index contributed by atoms with van der Waals surface area (Å²) in [6.45, 7) is 11.5. The van der Waals surface area contributed by atoms with Crippen molar-refractivity contribution in [2.24, 2.45) is 0 Å². The third kappa shape index (κ3) is 14.0. The second-order valence-corrected chi connectivity index (χ2v) is 2.00. The first-order chi connectivity index (χ1) is 4.89. The maximum Gasteiger partial charge on any atom is 0.00391 e. The zero-order valence-electron chi connectivity index (χ0n) is 8.78. The molecule has 1 fully saturated rings. The topological polar surface area (TPSA) is 12.0 Å². The molecule has 1 unspecified atom stereocenters. The van der Waals surface area contributed by atoms with E-state index in [4.69, 9.17) is 0 Å². The predicted molar refractivity (Wildman–Crippen MR) is 49.4 cm³/mol. The van der Waals surface area contributed by atoms with Crippen LogP contribution in [0.15, 0.2) is 0 Å². The van der Waals surface area contributed by atoms with Gasteiger partial charge >= 0.3 is 0 Å². The van der Waals surface area contributed by atoms with E-state index in [1.54, 1.807) is 0 Å². The van der Waals surface area contributed by atoms with E-state index >= 15 is 0 Å². The second-order valence-electron chi connectivity index (χ2n) is 2.00. The van der Waals surface area contributed by atoms with Crippen LogP contribution in [-0.2, 0) is 32.7 Å². The van der Waals surface area contributed by atoms with Crippen LogP contribution in [0.2, 0.25) is 0 Å². The number of hydrogen-bond donors (Lipinski definition) is 1. The van der Waals surface area contributed by atoms with Crippen LogP contribution in [0.1, 0.15) is 47.5 Å². The van der Waals surface area contributed by atoms with Crippen molar-refractivity contribution in [2.75, 3.05) is 6.54 Å². The summed E-state index contributed by atoms with van der Waals surface area (Å²) in [4.78, 5) is 0. The van der Waals surface area contributed by atoms with Crippen molar-refractivity contribution in [1.82, 2.24) is 5.32 Å². The normalized spacial score (nSPS) is 19.9. The molecule has 1 aliphatic heterocycles. The number of nitrogens with one attached hydrogen (secondary N) is 1. The van der Waals surface area contributed by atoms with E-state index < -0.39 is 0 Å². The molecule has 0 bridgehead atoms. The summed E-state index contributed by atoms with van der Waals surface area (Å²) < 4.78 is 0. The third-order valence-corrected chi connectivity index (χ3v) is 1.31. The molecular weight excluding hydrogens is 211 g/mol. The molecule has 1 rings (SSSR count). The largest absolute Gasteiger partial charge is 0.314 e. The molecule has 0 aromatic rings. The Hall–Kier alpha value is 1.06. The molecule has 0 spiro atoms. The van der Waals surface area contributed by atoms with Gasteiger partial charge in [0.1, 0.15) is 0 Å².